The molecule has 1 amide bonds. The lowest BCUT2D eigenvalue weighted by Crippen LogP contribution is -2.63. The predicted molar refractivity (Wildman–Crippen MR) is 122 cm³/mol. The van der Waals surface area contributed by atoms with Gasteiger partial charge >= 0.3 is 0 Å². The highest BCUT2D eigenvalue weighted by Gasteiger charge is 2.48. The number of benzene rings is 2. The van der Waals surface area contributed by atoms with Crippen molar-refractivity contribution in [1.29, 1.82) is 0 Å². The van der Waals surface area contributed by atoms with Gasteiger partial charge in [-0.1, -0.05) is 52.3 Å². The first-order chi connectivity index (χ1) is 12.7. The highest BCUT2D eigenvalue weighted by molar-refractivity contribution is 9.10. The van der Waals surface area contributed by atoms with Crippen molar-refractivity contribution in [2.75, 3.05) is 26.2 Å². The molecule has 1 saturated heterocycles. The Bertz CT molecular complexity index is 787. The maximum Gasteiger partial charge on any atom is 0.241 e. The van der Waals surface area contributed by atoms with Gasteiger partial charge in [0.05, 0.1) is 0 Å². The summed E-state index contributed by atoms with van der Waals surface area (Å²) in [6, 6.07) is 16.6. The molecule has 2 aliphatic rings. The first-order valence-corrected chi connectivity index (χ1v) is 10.0. The van der Waals surface area contributed by atoms with Gasteiger partial charge in [-0.15, -0.1) is 24.8 Å². The molecule has 2 aromatic rings. The first kappa shape index (κ1) is 23.2. The summed E-state index contributed by atoms with van der Waals surface area (Å²) in [5, 5.41) is 6.62. The minimum atomic E-state index is -0.461. The van der Waals surface area contributed by atoms with Crippen LogP contribution in [0.2, 0.25) is 0 Å². The van der Waals surface area contributed by atoms with Crippen LogP contribution in [0.3, 0.4) is 0 Å². The van der Waals surface area contributed by atoms with Crippen LogP contribution in [0, 0.1) is 0 Å². The van der Waals surface area contributed by atoms with Gasteiger partial charge in [-0.3, -0.25) is 9.69 Å². The van der Waals surface area contributed by atoms with E-state index in [1.54, 1.807) is 0 Å². The van der Waals surface area contributed by atoms with Crippen LogP contribution in [-0.4, -0.2) is 42.5 Å². The molecule has 4 nitrogen and oxygen atoms in total. The molecule has 1 aliphatic heterocycles. The zero-order chi connectivity index (χ0) is 18.0. The molecule has 0 saturated carbocycles. The zero-order valence-electron chi connectivity index (χ0n) is 15.6. The van der Waals surface area contributed by atoms with E-state index in [2.05, 4.69) is 61.8 Å². The molecule has 28 heavy (non-hydrogen) atoms. The second-order valence-electron chi connectivity index (χ2n) is 7.20. The Kier molecular flexibility index (Phi) is 8.34. The molecule has 0 atom stereocenters. The van der Waals surface area contributed by atoms with Gasteiger partial charge in [0, 0.05) is 50.0 Å². The summed E-state index contributed by atoms with van der Waals surface area (Å²) >= 11 is 3.50. The van der Waals surface area contributed by atoms with Crippen LogP contribution < -0.4 is 10.6 Å². The summed E-state index contributed by atoms with van der Waals surface area (Å²) < 4.78 is 1.04. The number of nitrogens with zero attached hydrogens (tertiary/aromatic N) is 1. The van der Waals surface area contributed by atoms with Crippen molar-refractivity contribution in [1.82, 2.24) is 15.5 Å². The van der Waals surface area contributed by atoms with Crippen LogP contribution in [0.5, 0.6) is 0 Å². The van der Waals surface area contributed by atoms with Crippen molar-refractivity contribution >= 4 is 46.7 Å². The third-order valence-electron chi connectivity index (χ3n) is 5.57. The molecule has 2 aromatic carbocycles. The van der Waals surface area contributed by atoms with Gasteiger partial charge in [0.1, 0.15) is 5.54 Å². The summed E-state index contributed by atoms with van der Waals surface area (Å²) in [4.78, 5) is 15.8. The fourth-order valence-electron chi connectivity index (χ4n) is 4.21. The van der Waals surface area contributed by atoms with Crippen molar-refractivity contribution < 1.29 is 4.79 Å². The molecule has 152 valence electrons. The van der Waals surface area contributed by atoms with Crippen LogP contribution in [0.4, 0.5) is 0 Å². The highest BCUT2D eigenvalue weighted by atomic mass is 79.9. The topological polar surface area (TPSA) is 44.4 Å². The number of nitrogens with one attached hydrogen (secondary N) is 2. The van der Waals surface area contributed by atoms with E-state index in [0.717, 1.165) is 49.1 Å². The molecule has 2 N–H and O–H groups in total. The minimum Gasteiger partial charge on any atom is -0.350 e. The lowest BCUT2D eigenvalue weighted by molar-refractivity contribution is -0.134. The van der Waals surface area contributed by atoms with E-state index in [-0.39, 0.29) is 30.7 Å². The molecule has 0 aromatic heterocycles. The van der Waals surface area contributed by atoms with Crippen LogP contribution >= 0.6 is 40.7 Å². The molecule has 0 bridgehead atoms. The highest BCUT2D eigenvalue weighted by Crippen LogP contribution is 2.35. The Morgan fingerprint density at radius 1 is 1.04 bits per heavy atom. The Morgan fingerprint density at radius 3 is 2.29 bits per heavy atom. The van der Waals surface area contributed by atoms with Crippen LogP contribution in [0.25, 0.3) is 0 Å². The van der Waals surface area contributed by atoms with Gasteiger partial charge in [-0.25, -0.2) is 0 Å². The van der Waals surface area contributed by atoms with E-state index in [9.17, 15) is 4.79 Å². The van der Waals surface area contributed by atoms with E-state index in [0.29, 0.717) is 6.54 Å². The number of hydrogen-bond donors (Lipinski definition) is 2. The quantitative estimate of drug-likeness (QED) is 0.696. The number of halogens is 3. The van der Waals surface area contributed by atoms with Crippen LogP contribution in [-0.2, 0) is 24.2 Å². The van der Waals surface area contributed by atoms with Crippen LogP contribution in [0.1, 0.15) is 16.7 Å². The molecular weight excluding hydrogens is 461 g/mol. The van der Waals surface area contributed by atoms with Crippen molar-refractivity contribution in [2.45, 2.75) is 24.9 Å². The summed E-state index contributed by atoms with van der Waals surface area (Å²) in [5.74, 6) is 0.149. The zero-order valence-corrected chi connectivity index (χ0v) is 18.8. The smallest absolute Gasteiger partial charge is 0.241 e. The Hall–Kier alpha value is -1.11. The van der Waals surface area contributed by atoms with Crippen molar-refractivity contribution in [3.05, 3.63) is 69.7 Å². The predicted octanol–water partition coefficient (Wildman–Crippen LogP) is 3.35. The molecule has 1 heterocycles. The second kappa shape index (κ2) is 10.1. The number of piperazine rings is 1. The third-order valence-corrected chi connectivity index (χ3v) is 6.06. The summed E-state index contributed by atoms with van der Waals surface area (Å²) in [6.07, 6.45) is 1.60. The van der Waals surface area contributed by atoms with Gasteiger partial charge in [-0.2, -0.15) is 0 Å². The number of rotatable bonds is 4. The number of amides is 1. The molecule has 0 unspecified atom stereocenters. The average Bonchev–Trinajstić information content (AvgIpc) is 3.08. The minimum absolute atomic E-state index is 0. The molecule has 0 spiro atoms. The fourth-order valence-corrected chi connectivity index (χ4v) is 4.66. The summed E-state index contributed by atoms with van der Waals surface area (Å²) in [6.45, 7) is 4.27. The van der Waals surface area contributed by atoms with E-state index in [1.807, 2.05) is 18.2 Å². The van der Waals surface area contributed by atoms with E-state index in [1.165, 1.54) is 11.1 Å². The molecular formula is C21H26BrCl2N3O. The standard InChI is InChI=1S/C21H24BrN3O.2ClH/c22-19-7-3-4-16(12-19)15-24-20(26)21(25-10-8-23-9-11-25)13-17-5-1-2-6-18(17)14-21;;/h1-7,12,23H,8-11,13-15H2,(H,24,26);2*1H. The van der Waals surface area contributed by atoms with Crippen molar-refractivity contribution in [2.24, 2.45) is 0 Å². The molecule has 1 aliphatic carbocycles. The third kappa shape index (κ3) is 4.71. The van der Waals surface area contributed by atoms with Gasteiger partial charge < -0.3 is 10.6 Å². The normalized spacial score (nSPS) is 17.8. The fraction of sp³-hybridized carbons (Fsp3) is 0.381. The Morgan fingerprint density at radius 2 is 1.68 bits per heavy atom. The molecule has 7 heteroatoms. The monoisotopic (exact) mass is 485 g/mol. The molecule has 4 rings (SSSR count). The number of carbonyl (C=O) groups is 1. The maximum absolute atomic E-state index is 13.4. The Balaban J connectivity index is 0.00000140. The average molecular weight is 487 g/mol. The number of fused-ring (bicyclic) bond motifs is 1. The number of hydrogen-bond acceptors (Lipinski definition) is 3. The van der Waals surface area contributed by atoms with Gasteiger partial charge in [0.25, 0.3) is 0 Å². The van der Waals surface area contributed by atoms with E-state index in [4.69, 9.17) is 0 Å². The van der Waals surface area contributed by atoms with Crippen molar-refractivity contribution in [3.63, 3.8) is 0 Å². The molecule has 0 radical (unpaired) electrons. The summed E-state index contributed by atoms with van der Waals surface area (Å²) in [5.41, 5.74) is 3.27. The maximum atomic E-state index is 13.4. The number of carbonyl (C=O) groups excluding carboxylic acids is 1. The first-order valence-electron chi connectivity index (χ1n) is 9.23. The van der Waals surface area contributed by atoms with Crippen molar-refractivity contribution in [3.8, 4) is 0 Å². The lowest BCUT2D eigenvalue weighted by Gasteiger charge is -2.42. The second-order valence-corrected chi connectivity index (χ2v) is 8.12. The lowest BCUT2D eigenvalue weighted by atomic mass is 9.91. The Labute approximate surface area is 187 Å². The van der Waals surface area contributed by atoms with E-state index < -0.39 is 5.54 Å². The summed E-state index contributed by atoms with van der Waals surface area (Å²) in [7, 11) is 0. The molecule has 1 fully saturated rings. The SMILES string of the molecule is Cl.Cl.O=C(NCc1cccc(Br)c1)C1(N2CCNCC2)Cc2ccccc2C1. The van der Waals surface area contributed by atoms with E-state index >= 15 is 0 Å². The van der Waals surface area contributed by atoms with Gasteiger partial charge in [0.15, 0.2) is 0 Å². The van der Waals surface area contributed by atoms with Crippen LogP contribution in [0.15, 0.2) is 53.0 Å². The van der Waals surface area contributed by atoms with Gasteiger partial charge in [0.2, 0.25) is 5.91 Å². The van der Waals surface area contributed by atoms with Gasteiger partial charge in [-0.05, 0) is 28.8 Å². The largest absolute Gasteiger partial charge is 0.350 e.